The summed E-state index contributed by atoms with van der Waals surface area (Å²) in [5, 5.41) is 11.6. The number of nitrogens with one attached hydrogen (secondary N) is 1. The van der Waals surface area contributed by atoms with Gasteiger partial charge in [-0.1, -0.05) is 18.2 Å². The van der Waals surface area contributed by atoms with Crippen LogP contribution in [0.1, 0.15) is 24.5 Å². The van der Waals surface area contributed by atoms with E-state index in [1.54, 1.807) is 0 Å². The molecule has 0 spiro atoms. The van der Waals surface area contributed by atoms with Crippen molar-refractivity contribution in [1.82, 2.24) is 4.98 Å². The fraction of sp³-hybridized carbons (Fsp3) is 0.429. The Labute approximate surface area is 100 Å². The Balaban J connectivity index is 1.92. The van der Waals surface area contributed by atoms with Gasteiger partial charge in [0, 0.05) is 35.9 Å². The average Bonchev–Trinajstić information content (AvgIpc) is 2.83. The molecule has 1 unspecified atom stereocenters. The van der Waals surface area contributed by atoms with Gasteiger partial charge in [-0.15, -0.1) is 0 Å². The Morgan fingerprint density at radius 2 is 2.00 bits per heavy atom. The molecule has 1 aromatic heterocycles. The average molecular weight is 231 g/mol. The molecule has 1 saturated heterocycles. The van der Waals surface area contributed by atoms with Crippen molar-refractivity contribution in [2.75, 3.05) is 13.2 Å². The number of H-pyrrole nitrogens is 1. The largest absolute Gasteiger partial charge is 0.388 e. The molecule has 17 heavy (non-hydrogen) atoms. The standard InChI is InChI=1S/C14H17NO2/c16-14(10-5-7-17-8-6-10)12-9-15-13-4-2-1-3-11(12)13/h1-4,9-10,14-16H,5-8H2. The highest BCUT2D eigenvalue weighted by Crippen LogP contribution is 2.33. The zero-order valence-electron chi connectivity index (χ0n) is 9.73. The van der Waals surface area contributed by atoms with Crippen molar-refractivity contribution in [1.29, 1.82) is 0 Å². The molecule has 0 radical (unpaired) electrons. The van der Waals surface area contributed by atoms with Crippen molar-refractivity contribution in [2.24, 2.45) is 5.92 Å². The third kappa shape index (κ3) is 1.96. The maximum absolute atomic E-state index is 10.5. The second-order valence-corrected chi connectivity index (χ2v) is 4.68. The lowest BCUT2D eigenvalue weighted by molar-refractivity contribution is 0.00773. The van der Waals surface area contributed by atoms with Crippen LogP contribution in [0.2, 0.25) is 0 Å². The zero-order chi connectivity index (χ0) is 11.7. The molecule has 3 nitrogen and oxygen atoms in total. The van der Waals surface area contributed by atoms with Crippen molar-refractivity contribution in [3.05, 3.63) is 36.0 Å². The summed E-state index contributed by atoms with van der Waals surface area (Å²) in [6.07, 6.45) is 3.45. The van der Waals surface area contributed by atoms with Crippen molar-refractivity contribution in [3.63, 3.8) is 0 Å². The molecule has 1 aromatic carbocycles. The first kappa shape index (κ1) is 10.8. The number of fused-ring (bicyclic) bond motifs is 1. The smallest absolute Gasteiger partial charge is 0.0840 e. The van der Waals surface area contributed by atoms with E-state index in [1.165, 1.54) is 0 Å². The van der Waals surface area contributed by atoms with Gasteiger partial charge in [0.05, 0.1) is 6.10 Å². The van der Waals surface area contributed by atoms with Crippen LogP contribution >= 0.6 is 0 Å². The molecule has 1 aliphatic rings. The first-order chi connectivity index (χ1) is 8.36. The first-order valence-electron chi connectivity index (χ1n) is 6.18. The highest BCUT2D eigenvalue weighted by molar-refractivity contribution is 5.83. The van der Waals surface area contributed by atoms with E-state index in [-0.39, 0.29) is 6.10 Å². The summed E-state index contributed by atoms with van der Waals surface area (Å²) < 4.78 is 5.34. The van der Waals surface area contributed by atoms with Crippen LogP contribution in [0.5, 0.6) is 0 Å². The second-order valence-electron chi connectivity index (χ2n) is 4.68. The molecular weight excluding hydrogens is 214 g/mol. The van der Waals surface area contributed by atoms with Gasteiger partial charge in [-0.2, -0.15) is 0 Å². The Morgan fingerprint density at radius 1 is 1.24 bits per heavy atom. The molecule has 2 N–H and O–H groups in total. The van der Waals surface area contributed by atoms with Crippen LogP contribution in [0.4, 0.5) is 0 Å². The maximum Gasteiger partial charge on any atom is 0.0840 e. The van der Waals surface area contributed by atoms with Gasteiger partial charge < -0.3 is 14.8 Å². The summed E-state index contributed by atoms with van der Waals surface area (Å²) >= 11 is 0. The Morgan fingerprint density at radius 3 is 2.82 bits per heavy atom. The predicted molar refractivity (Wildman–Crippen MR) is 66.8 cm³/mol. The molecule has 3 rings (SSSR count). The minimum Gasteiger partial charge on any atom is -0.388 e. The van der Waals surface area contributed by atoms with Crippen molar-refractivity contribution in [3.8, 4) is 0 Å². The highest BCUT2D eigenvalue weighted by atomic mass is 16.5. The number of benzene rings is 1. The predicted octanol–water partition coefficient (Wildman–Crippen LogP) is 2.63. The van der Waals surface area contributed by atoms with Crippen molar-refractivity contribution < 1.29 is 9.84 Å². The normalized spacial score (nSPS) is 19.6. The van der Waals surface area contributed by atoms with Gasteiger partial charge in [0.2, 0.25) is 0 Å². The Hall–Kier alpha value is -1.32. The molecule has 1 atom stereocenters. The number of rotatable bonds is 2. The van der Waals surface area contributed by atoms with Crippen LogP contribution in [-0.4, -0.2) is 23.3 Å². The van der Waals surface area contributed by atoms with Gasteiger partial charge >= 0.3 is 0 Å². The van der Waals surface area contributed by atoms with Gasteiger partial charge in [-0.25, -0.2) is 0 Å². The lowest BCUT2D eigenvalue weighted by Crippen LogP contribution is -2.21. The van der Waals surface area contributed by atoms with E-state index in [1.807, 2.05) is 24.4 Å². The van der Waals surface area contributed by atoms with Crippen LogP contribution in [0.15, 0.2) is 30.5 Å². The summed E-state index contributed by atoms with van der Waals surface area (Å²) in [4.78, 5) is 3.22. The van der Waals surface area contributed by atoms with Gasteiger partial charge in [0.1, 0.15) is 0 Å². The molecule has 90 valence electrons. The lowest BCUT2D eigenvalue weighted by Gasteiger charge is -2.26. The number of aromatic amines is 1. The summed E-state index contributed by atoms with van der Waals surface area (Å²) in [6.45, 7) is 1.54. The van der Waals surface area contributed by atoms with Gasteiger partial charge in [-0.05, 0) is 24.8 Å². The molecule has 1 aliphatic heterocycles. The first-order valence-corrected chi connectivity index (χ1v) is 6.18. The fourth-order valence-electron chi connectivity index (χ4n) is 2.62. The quantitative estimate of drug-likeness (QED) is 0.834. The number of para-hydroxylation sites is 1. The Bertz CT molecular complexity index is 500. The van der Waals surface area contributed by atoms with E-state index in [0.717, 1.165) is 42.5 Å². The number of aliphatic hydroxyl groups is 1. The van der Waals surface area contributed by atoms with E-state index in [4.69, 9.17) is 4.74 Å². The summed E-state index contributed by atoms with van der Waals surface area (Å²) in [7, 11) is 0. The van der Waals surface area contributed by atoms with Gasteiger partial charge in [-0.3, -0.25) is 0 Å². The van der Waals surface area contributed by atoms with Gasteiger partial charge in [0.15, 0.2) is 0 Å². The molecule has 0 aliphatic carbocycles. The van der Waals surface area contributed by atoms with Crippen molar-refractivity contribution >= 4 is 10.9 Å². The van der Waals surface area contributed by atoms with Crippen molar-refractivity contribution in [2.45, 2.75) is 18.9 Å². The van der Waals surface area contributed by atoms with E-state index in [9.17, 15) is 5.11 Å². The maximum atomic E-state index is 10.5. The SMILES string of the molecule is OC(c1c[nH]c2ccccc12)C1CCOCC1. The summed E-state index contributed by atoms with van der Waals surface area (Å²) in [5.41, 5.74) is 2.11. The van der Waals surface area contributed by atoms with E-state index in [0.29, 0.717) is 5.92 Å². The third-order valence-electron chi connectivity index (χ3n) is 3.65. The monoisotopic (exact) mass is 231 g/mol. The summed E-state index contributed by atoms with van der Waals surface area (Å²) in [6, 6.07) is 8.11. The number of ether oxygens (including phenoxy) is 1. The molecular formula is C14H17NO2. The van der Waals surface area contributed by atoms with Gasteiger partial charge in [0.25, 0.3) is 0 Å². The van der Waals surface area contributed by atoms with Crippen LogP contribution < -0.4 is 0 Å². The van der Waals surface area contributed by atoms with Crippen LogP contribution in [0.25, 0.3) is 10.9 Å². The molecule has 0 amide bonds. The number of aromatic nitrogens is 1. The molecule has 2 heterocycles. The number of hydrogen-bond donors (Lipinski definition) is 2. The molecule has 3 heteroatoms. The topological polar surface area (TPSA) is 45.2 Å². The third-order valence-corrected chi connectivity index (χ3v) is 3.65. The molecule has 0 saturated carbocycles. The zero-order valence-corrected chi connectivity index (χ0v) is 9.73. The number of aliphatic hydroxyl groups excluding tert-OH is 1. The van der Waals surface area contributed by atoms with Crippen LogP contribution in [-0.2, 0) is 4.74 Å². The van der Waals surface area contributed by atoms with E-state index >= 15 is 0 Å². The minimum absolute atomic E-state index is 0.322. The van der Waals surface area contributed by atoms with E-state index < -0.39 is 0 Å². The second kappa shape index (κ2) is 4.51. The van der Waals surface area contributed by atoms with E-state index in [2.05, 4.69) is 11.1 Å². The minimum atomic E-state index is -0.380. The van der Waals surface area contributed by atoms with Crippen LogP contribution in [0, 0.1) is 5.92 Å². The molecule has 2 aromatic rings. The Kier molecular flexibility index (Phi) is 2.87. The highest BCUT2D eigenvalue weighted by Gasteiger charge is 2.25. The van der Waals surface area contributed by atoms with Crippen LogP contribution in [0.3, 0.4) is 0 Å². The summed E-state index contributed by atoms with van der Waals surface area (Å²) in [5.74, 6) is 0.322. The molecule has 1 fully saturated rings. The lowest BCUT2D eigenvalue weighted by atomic mass is 9.89. The fourth-order valence-corrected chi connectivity index (χ4v) is 2.62. The number of hydrogen-bond acceptors (Lipinski definition) is 2. The molecule has 0 bridgehead atoms.